The van der Waals surface area contributed by atoms with E-state index in [0.29, 0.717) is 35.9 Å². The Balaban J connectivity index is 1.60. The number of nitrogens with one attached hydrogen (secondary N) is 1. The van der Waals surface area contributed by atoms with Gasteiger partial charge < -0.3 is 14.2 Å². The number of anilines is 1. The van der Waals surface area contributed by atoms with Crippen molar-refractivity contribution >= 4 is 17.6 Å². The molecule has 0 saturated heterocycles. The lowest BCUT2D eigenvalue weighted by molar-refractivity contribution is 0.0526. The lowest BCUT2D eigenvalue weighted by Crippen LogP contribution is -2.29. The van der Waals surface area contributed by atoms with Crippen LogP contribution in [0.15, 0.2) is 72.8 Å². The maximum absolute atomic E-state index is 13.7. The Bertz CT molecular complexity index is 1410. The highest BCUT2D eigenvalue weighted by Gasteiger charge is 2.43. The van der Waals surface area contributed by atoms with Crippen molar-refractivity contribution in [3.63, 3.8) is 0 Å². The second-order valence-electron chi connectivity index (χ2n) is 8.44. The predicted octanol–water partition coefficient (Wildman–Crippen LogP) is 5.41. The maximum atomic E-state index is 13.7. The molecule has 0 spiro atoms. The minimum Gasteiger partial charge on any atom is -0.497 e. The van der Waals surface area contributed by atoms with Gasteiger partial charge in [0.1, 0.15) is 17.2 Å². The van der Waals surface area contributed by atoms with Crippen LogP contribution in [0.4, 0.5) is 5.69 Å². The number of methoxy groups -OCH3 is 1. The summed E-state index contributed by atoms with van der Waals surface area (Å²) in [7, 11) is 1.62. The molecule has 3 aromatic carbocycles. The summed E-state index contributed by atoms with van der Waals surface area (Å²) in [6.07, 6.45) is 0. The minimum atomic E-state index is -0.442. The van der Waals surface area contributed by atoms with E-state index in [2.05, 4.69) is 10.2 Å². The van der Waals surface area contributed by atoms with Gasteiger partial charge in [0.25, 0.3) is 5.91 Å². The van der Waals surface area contributed by atoms with Gasteiger partial charge in [-0.3, -0.25) is 14.8 Å². The molecule has 8 heteroatoms. The molecule has 0 fully saturated rings. The van der Waals surface area contributed by atoms with Crippen molar-refractivity contribution in [1.29, 1.82) is 0 Å². The third-order valence-corrected chi connectivity index (χ3v) is 6.30. The molecule has 1 aromatic heterocycles. The number of benzene rings is 3. The van der Waals surface area contributed by atoms with Gasteiger partial charge in [-0.15, -0.1) is 0 Å². The number of hydrogen-bond acceptors (Lipinski definition) is 6. The van der Waals surface area contributed by atoms with E-state index in [1.807, 2.05) is 55.5 Å². The third kappa shape index (κ3) is 4.42. The molecule has 1 aliphatic heterocycles. The molecule has 2 heterocycles. The molecule has 1 aliphatic rings. The van der Waals surface area contributed by atoms with Crippen LogP contribution in [0.25, 0.3) is 11.3 Å². The molecule has 5 rings (SSSR count). The van der Waals surface area contributed by atoms with Crippen molar-refractivity contribution < 1.29 is 23.8 Å². The largest absolute Gasteiger partial charge is 0.497 e. The number of ether oxygens (including phenoxy) is 3. The van der Waals surface area contributed by atoms with Crippen molar-refractivity contribution in [2.75, 3.05) is 25.2 Å². The molecule has 37 heavy (non-hydrogen) atoms. The quantitative estimate of drug-likeness (QED) is 0.327. The maximum Gasteiger partial charge on any atom is 0.338 e. The zero-order chi connectivity index (χ0) is 25.9. The number of H-pyrrole nitrogens is 1. The van der Waals surface area contributed by atoms with E-state index in [9.17, 15) is 9.59 Å². The summed E-state index contributed by atoms with van der Waals surface area (Å²) < 4.78 is 16.0. The number of amides is 1. The number of hydrogen-bond donors (Lipinski definition) is 1. The van der Waals surface area contributed by atoms with Crippen molar-refractivity contribution in [3.8, 4) is 22.8 Å². The summed E-state index contributed by atoms with van der Waals surface area (Å²) >= 11 is 0. The Labute approximate surface area is 214 Å². The fourth-order valence-electron chi connectivity index (χ4n) is 4.58. The first-order valence-corrected chi connectivity index (χ1v) is 12.1. The highest BCUT2D eigenvalue weighted by Crippen LogP contribution is 2.45. The number of carbonyl (C=O) groups excluding carboxylic acids is 2. The predicted molar refractivity (Wildman–Crippen MR) is 139 cm³/mol. The topological polar surface area (TPSA) is 93.8 Å². The van der Waals surface area contributed by atoms with Gasteiger partial charge in [-0.1, -0.05) is 12.1 Å². The molecule has 1 amide bonds. The molecule has 0 aliphatic carbocycles. The first kappa shape index (κ1) is 24.1. The van der Waals surface area contributed by atoms with Gasteiger partial charge in [0.05, 0.1) is 37.6 Å². The molecular formula is C29H27N3O5. The van der Waals surface area contributed by atoms with Gasteiger partial charge >= 0.3 is 5.97 Å². The third-order valence-electron chi connectivity index (χ3n) is 6.30. The molecule has 0 saturated carbocycles. The standard InChI is InChI=1S/C29H27N3O5/c1-4-36-23-16-10-19(11-17-23)27-24-25(18-8-14-22(35-3)15-9-18)30-31-26(24)28(33)32(27)21-12-6-20(7-13-21)29(34)37-5-2/h6-17,27H,4-5H2,1-3H3,(H,30,31)/t27-/m1/s1. The van der Waals surface area contributed by atoms with Gasteiger partial charge in [-0.05, 0) is 80.1 Å². The summed E-state index contributed by atoms with van der Waals surface area (Å²) in [6.45, 7) is 4.55. The van der Waals surface area contributed by atoms with Crippen LogP contribution in [0.2, 0.25) is 0 Å². The van der Waals surface area contributed by atoms with E-state index in [1.54, 1.807) is 43.2 Å². The Morgan fingerprint density at radius 1 is 0.919 bits per heavy atom. The van der Waals surface area contributed by atoms with Gasteiger partial charge in [-0.25, -0.2) is 4.79 Å². The van der Waals surface area contributed by atoms with Crippen LogP contribution in [-0.4, -0.2) is 42.4 Å². The van der Waals surface area contributed by atoms with Crippen molar-refractivity contribution in [2.24, 2.45) is 0 Å². The second kappa shape index (κ2) is 10.2. The molecule has 0 bridgehead atoms. The Morgan fingerprint density at radius 2 is 1.59 bits per heavy atom. The zero-order valence-corrected chi connectivity index (χ0v) is 20.9. The number of rotatable bonds is 8. The van der Waals surface area contributed by atoms with Crippen LogP contribution < -0.4 is 14.4 Å². The van der Waals surface area contributed by atoms with Gasteiger partial charge in [0, 0.05) is 16.8 Å². The van der Waals surface area contributed by atoms with Crippen molar-refractivity contribution in [3.05, 3.63) is 95.2 Å². The van der Waals surface area contributed by atoms with Gasteiger partial charge in [-0.2, -0.15) is 5.10 Å². The number of esters is 1. The smallest absolute Gasteiger partial charge is 0.338 e. The van der Waals surface area contributed by atoms with Crippen LogP contribution in [0.3, 0.4) is 0 Å². The SMILES string of the molecule is CCOC(=O)c1ccc(N2C(=O)c3[nH]nc(-c4ccc(OC)cc4)c3[C@H]2c2ccc(OCC)cc2)cc1. The second-order valence-corrected chi connectivity index (χ2v) is 8.44. The Kier molecular flexibility index (Phi) is 6.64. The number of aromatic nitrogens is 2. The molecule has 1 atom stereocenters. The van der Waals surface area contributed by atoms with E-state index in [0.717, 1.165) is 28.2 Å². The van der Waals surface area contributed by atoms with Crippen LogP contribution in [0, 0.1) is 0 Å². The van der Waals surface area contributed by atoms with Crippen molar-refractivity contribution in [1.82, 2.24) is 10.2 Å². The Hall–Kier alpha value is -4.59. The van der Waals surface area contributed by atoms with Crippen molar-refractivity contribution in [2.45, 2.75) is 19.9 Å². The molecule has 4 aromatic rings. The fourth-order valence-corrected chi connectivity index (χ4v) is 4.58. The number of fused-ring (bicyclic) bond motifs is 1. The van der Waals surface area contributed by atoms with Crippen LogP contribution in [-0.2, 0) is 4.74 Å². The monoisotopic (exact) mass is 497 g/mol. The highest BCUT2D eigenvalue weighted by atomic mass is 16.5. The van der Waals surface area contributed by atoms with Gasteiger partial charge in [0.15, 0.2) is 0 Å². The van der Waals surface area contributed by atoms with E-state index in [1.165, 1.54) is 0 Å². The summed E-state index contributed by atoms with van der Waals surface area (Å²) in [6, 6.07) is 21.7. The summed E-state index contributed by atoms with van der Waals surface area (Å²) in [4.78, 5) is 27.6. The first-order chi connectivity index (χ1) is 18.0. The summed E-state index contributed by atoms with van der Waals surface area (Å²) in [5, 5.41) is 7.49. The van der Waals surface area contributed by atoms with E-state index < -0.39 is 12.0 Å². The van der Waals surface area contributed by atoms with Crippen LogP contribution >= 0.6 is 0 Å². The Morgan fingerprint density at radius 3 is 2.22 bits per heavy atom. The number of nitrogens with zero attached hydrogens (tertiary/aromatic N) is 2. The van der Waals surface area contributed by atoms with E-state index in [4.69, 9.17) is 14.2 Å². The summed E-state index contributed by atoms with van der Waals surface area (Å²) in [5.74, 6) is 0.883. The average Bonchev–Trinajstić information content (AvgIpc) is 3.48. The lowest BCUT2D eigenvalue weighted by atomic mass is 9.95. The molecule has 8 nitrogen and oxygen atoms in total. The molecule has 0 radical (unpaired) electrons. The minimum absolute atomic E-state index is 0.204. The number of carbonyl (C=O) groups is 2. The normalized spacial score (nSPS) is 14.4. The summed E-state index contributed by atoms with van der Waals surface area (Å²) in [5.41, 5.74) is 4.75. The average molecular weight is 498 g/mol. The lowest BCUT2D eigenvalue weighted by Gasteiger charge is -2.27. The van der Waals surface area contributed by atoms with E-state index in [-0.39, 0.29) is 5.91 Å². The van der Waals surface area contributed by atoms with Crippen LogP contribution in [0.5, 0.6) is 11.5 Å². The van der Waals surface area contributed by atoms with E-state index >= 15 is 0 Å². The molecular weight excluding hydrogens is 470 g/mol. The molecule has 1 N–H and O–H groups in total. The first-order valence-electron chi connectivity index (χ1n) is 12.1. The van der Waals surface area contributed by atoms with Crippen LogP contribution in [0.1, 0.15) is 51.9 Å². The molecule has 0 unspecified atom stereocenters. The zero-order valence-electron chi connectivity index (χ0n) is 20.9. The fraction of sp³-hybridized carbons (Fsp3) is 0.207. The number of aromatic amines is 1. The molecule has 188 valence electrons. The van der Waals surface area contributed by atoms with Gasteiger partial charge in [0.2, 0.25) is 0 Å². The highest BCUT2D eigenvalue weighted by molar-refractivity contribution is 6.12.